The first-order valence-corrected chi connectivity index (χ1v) is 5.38. The second kappa shape index (κ2) is 4.21. The lowest BCUT2D eigenvalue weighted by atomic mass is 9.88. The quantitative estimate of drug-likeness (QED) is 0.705. The van der Waals surface area contributed by atoms with Crippen molar-refractivity contribution in [3.8, 4) is 5.75 Å². The van der Waals surface area contributed by atoms with Gasteiger partial charge in [0.15, 0.2) is 0 Å². The molecule has 1 aliphatic carbocycles. The lowest BCUT2D eigenvalue weighted by molar-refractivity contribution is 0.0585. The van der Waals surface area contributed by atoms with Crippen molar-refractivity contribution in [1.29, 1.82) is 0 Å². The molecule has 3 heteroatoms. The summed E-state index contributed by atoms with van der Waals surface area (Å²) in [5.74, 6) is 0.301. The number of aromatic hydroxyl groups is 1. The smallest absolute Gasteiger partial charge is 0.115 e. The van der Waals surface area contributed by atoms with Crippen molar-refractivity contribution in [1.82, 2.24) is 5.32 Å². The van der Waals surface area contributed by atoms with Crippen LogP contribution in [0.15, 0.2) is 24.3 Å². The van der Waals surface area contributed by atoms with Crippen LogP contribution in [0.1, 0.15) is 31.4 Å². The van der Waals surface area contributed by atoms with E-state index < -0.39 is 0 Å². The topological polar surface area (TPSA) is 52.5 Å². The maximum absolute atomic E-state index is 9.34. The Morgan fingerprint density at radius 2 is 2.13 bits per heavy atom. The van der Waals surface area contributed by atoms with Crippen LogP contribution in [-0.4, -0.2) is 22.4 Å². The third-order valence-electron chi connectivity index (χ3n) is 2.97. The van der Waals surface area contributed by atoms with Crippen LogP contribution in [0.5, 0.6) is 5.75 Å². The normalized spacial score (nSPS) is 27.1. The second-order valence-corrected chi connectivity index (χ2v) is 4.31. The molecule has 1 aliphatic rings. The molecule has 2 rings (SSSR count). The highest BCUT2D eigenvalue weighted by Crippen LogP contribution is 2.24. The lowest BCUT2D eigenvalue weighted by Gasteiger charge is -2.34. The number of hydrogen-bond acceptors (Lipinski definition) is 3. The van der Waals surface area contributed by atoms with Crippen molar-refractivity contribution in [3.63, 3.8) is 0 Å². The highest BCUT2D eigenvalue weighted by atomic mass is 16.3. The van der Waals surface area contributed by atoms with Gasteiger partial charge in [-0.15, -0.1) is 0 Å². The molecule has 1 saturated carbocycles. The molecule has 82 valence electrons. The molecule has 0 bridgehead atoms. The van der Waals surface area contributed by atoms with Crippen LogP contribution < -0.4 is 5.32 Å². The molecule has 0 amide bonds. The lowest BCUT2D eigenvalue weighted by Crippen LogP contribution is -2.44. The largest absolute Gasteiger partial charge is 0.508 e. The number of aliphatic hydroxyl groups excluding tert-OH is 1. The van der Waals surface area contributed by atoms with Gasteiger partial charge in [-0.2, -0.15) is 0 Å². The molecule has 0 heterocycles. The van der Waals surface area contributed by atoms with Gasteiger partial charge in [-0.3, -0.25) is 0 Å². The van der Waals surface area contributed by atoms with E-state index in [2.05, 4.69) is 12.2 Å². The first-order valence-electron chi connectivity index (χ1n) is 5.38. The molecule has 1 aromatic rings. The third-order valence-corrected chi connectivity index (χ3v) is 2.97. The van der Waals surface area contributed by atoms with Gasteiger partial charge in [0.05, 0.1) is 6.10 Å². The molecule has 0 radical (unpaired) electrons. The first kappa shape index (κ1) is 10.5. The molecule has 0 saturated heterocycles. The zero-order chi connectivity index (χ0) is 10.8. The van der Waals surface area contributed by atoms with Crippen LogP contribution >= 0.6 is 0 Å². The SMILES string of the molecule is CC(NC1CC(O)C1)c1cccc(O)c1. The van der Waals surface area contributed by atoms with E-state index in [0.717, 1.165) is 18.4 Å². The van der Waals surface area contributed by atoms with E-state index in [1.165, 1.54) is 0 Å². The molecule has 0 aliphatic heterocycles. The minimum atomic E-state index is -0.126. The van der Waals surface area contributed by atoms with E-state index in [4.69, 9.17) is 5.11 Å². The summed E-state index contributed by atoms with van der Waals surface area (Å²) < 4.78 is 0. The van der Waals surface area contributed by atoms with Crippen molar-refractivity contribution in [2.75, 3.05) is 0 Å². The van der Waals surface area contributed by atoms with Gasteiger partial charge in [-0.05, 0) is 37.5 Å². The fourth-order valence-electron chi connectivity index (χ4n) is 1.97. The second-order valence-electron chi connectivity index (χ2n) is 4.31. The highest BCUT2D eigenvalue weighted by molar-refractivity contribution is 5.29. The summed E-state index contributed by atoms with van der Waals surface area (Å²) in [6, 6.07) is 7.91. The van der Waals surface area contributed by atoms with Gasteiger partial charge >= 0.3 is 0 Å². The Kier molecular flexibility index (Phi) is 2.93. The number of hydrogen-bond donors (Lipinski definition) is 3. The number of phenolic OH excluding ortho intramolecular Hbond substituents is 1. The van der Waals surface area contributed by atoms with Gasteiger partial charge in [0.2, 0.25) is 0 Å². The maximum Gasteiger partial charge on any atom is 0.115 e. The van der Waals surface area contributed by atoms with Crippen molar-refractivity contribution < 1.29 is 10.2 Å². The molecule has 3 nitrogen and oxygen atoms in total. The summed E-state index contributed by atoms with van der Waals surface area (Å²) in [6.07, 6.45) is 1.55. The van der Waals surface area contributed by atoms with Gasteiger partial charge in [-0.25, -0.2) is 0 Å². The molecule has 1 atom stereocenters. The minimum Gasteiger partial charge on any atom is -0.508 e. The van der Waals surface area contributed by atoms with Crippen LogP contribution in [0.25, 0.3) is 0 Å². The van der Waals surface area contributed by atoms with Gasteiger partial charge in [-0.1, -0.05) is 12.1 Å². The van der Waals surface area contributed by atoms with Crippen molar-refractivity contribution in [2.45, 2.75) is 38.0 Å². The molecule has 0 spiro atoms. The van der Waals surface area contributed by atoms with E-state index in [-0.39, 0.29) is 12.1 Å². The zero-order valence-corrected chi connectivity index (χ0v) is 8.85. The Bertz CT molecular complexity index is 334. The van der Waals surface area contributed by atoms with Crippen LogP contribution in [0.3, 0.4) is 0 Å². The summed E-state index contributed by atoms with van der Waals surface area (Å²) in [4.78, 5) is 0. The summed E-state index contributed by atoms with van der Waals surface area (Å²) in [6.45, 7) is 2.07. The van der Waals surface area contributed by atoms with Gasteiger partial charge in [0.1, 0.15) is 5.75 Å². The first-order chi connectivity index (χ1) is 7.15. The van der Waals surface area contributed by atoms with E-state index in [1.807, 2.05) is 12.1 Å². The molecule has 1 unspecified atom stereocenters. The third kappa shape index (κ3) is 2.49. The fourth-order valence-corrected chi connectivity index (χ4v) is 1.97. The number of phenols is 1. The monoisotopic (exact) mass is 207 g/mol. The predicted octanol–water partition coefficient (Wildman–Crippen LogP) is 1.57. The van der Waals surface area contributed by atoms with Crippen molar-refractivity contribution in [3.05, 3.63) is 29.8 Å². The van der Waals surface area contributed by atoms with E-state index in [1.54, 1.807) is 12.1 Å². The zero-order valence-electron chi connectivity index (χ0n) is 8.85. The summed E-state index contributed by atoms with van der Waals surface area (Å²) in [5, 5.41) is 21.9. The van der Waals surface area contributed by atoms with E-state index in [0.29, 0.717) is 11.8 Å². The Balaban J connectivity index is 1.93. The molecular weight excluding hydrogens is 190 g/mol. The number of nitrogens with one attached hydrogen (secondary N) is 1. The molecule has 1 fully saturated rings. The van der Waals surface area contributed by atoms with Crippen LogP contribution in [-0.2, 0) is 0 Å². The van der Waals surface area contributed by atoms with E-state index >= 15 is 0 Å². The molecule has 1 aromatic carbocycles. The fraction of sp³-hybridized carbons (Fsp3) is 0.500. The van der Waals surface area contributed by atoms with Gasteiger partial charge < -0.3 is 15.5 Å². The molecular formula is C12H17NO2. The highest BCUT2D eigenvalue weighted by Gasteiger charge is 2.28. The summed E-state index contributed by atoms with van der Waals surface area (Å²) in [5.41, 5.74) is 1.08. The van der Waals surface area contributed by atoms with Gasteiger partial charge in [0.25, 0.3) is 0 Å². The average molecular weight is 207 g/mol. The van der Waals surface area contributed by atoms with Crippen LogP contribution in [0.2, 0.25) is 0 Å². The molecule has 15 heavy (non-hydrogen) atoms. The number of benzene rings is 1. The summed E-state index contributed by atoms with van der Waals surface area (Å²) in [7, 11) is 0. The Morgan fingerprint density at radius 3 is 2.73 bits per heavy atom. The Hall–Kier alpha value is -1.06. The molecule has 0 aromatic heterocycles. The van der Waals surface area contributed by atoms with Crippen LogP contribution in [0, 0.1) is 0 Å². The number of aliphatic hydroxyl groups is 1. The molecule has 3 N–H and O–H groups in total. The number of rotatable bonds is 3. The van der Waals surface area contributed by atoms with Crippen molar-refractivity contribution in [2.24, 2.45) is 0 Å². The van der Waals surface area contributed by atoms with Gasteiger partial charge in [0, 0.05) is 12.1 Å². The maximum atomic E-state index is 9.34. The van der Waals surface area contributed by atoms with E-state index in [9.17, 15) is 5.11 Å². The standard InChI is InChI=1S/C12H17NO2/c1-8(13-10-6-12(15)7-10)9-3-2-4-11(14)5-9/h2-5,8,10,12-15H,6-7H2,1H3. The minimum absolute atomic E-state index is 0.126. The predicted molar refractivity (Wildman–Crippen MR) is 58.7 cm³/mol. The van der Waals surface area contributed by atoms with Crippen molar-refractivity contribution >= 4 is 0 Å². The Labute approximate surface area is 89.8 Å². The summed E-state index contributed by atoms with van der Waals surface area (Å²) >= 11 is 0. The van der Waals surface area contributed by atoms with Crippen LogP contribution in [0.4, 0.5) is 0 Å². The Morgan fingerprint density at radius 1 is 1.40 bits per heavy atom. The average Bonchev–Trinajstić information content (AvgIpc) is 2.15.